The van der Waals surface area contributed by atoms with Crippen LogP contribution in [0.1, 0.15) is 16.8 Å². The Hall–Kier alpha value is -2.73. The molecule has 2 heterocycles. The van der Waals surface area contributed by atoms with Crippen molar-refractivity contribution in [3.63, 3.8) is 0 Å². The molecule has 0 saturated carbocycles. The average molecular weight is 325 g/mol. The Labute approximate surface area is 138 Å². The zero-order chi connectivity index (χ0) is 16.8. The normalized spacial score (nSPS) is 22.7. The van der Waals surface area contributed by atoms with Gasteiger partial charge in [-0.25, -0.2) is 4.39 Å². The van der Waals surface area contributed by atoms with E-state index in [1.807, 2.05) is 0 Å². The number of benzene rings is 2. The molecule has 2 aromatic rings. The van der Waals surface area contributed by atoms with E-state index in [2.05, 4.69) is 5.32 Å². The third-order valence-corrected chi connectivity index (χ3v) is 4.67. The second kappa shape index (κ2) is 5.42. The lowest BCUT2D eigenvalue weighted by atomic mass is 10.0. The molecule has 0 aromatic heterocycles. The van der Waals surface area contributed by atoms with Crippen LogP contribution in [0.2, 0.25) is 0 Å². The van der Waals surface area contributed by atoms with Crippen molar-refractivity contribution in [1.82, 2.24) is 4.90 Å². The fourth-order valence-electron chi connectivity index (χ4n) is 3.43. The number of nitrogens with one attached hydrogen (secondary N) is 1. The lowest BCUT2D eigenvalue weighted by molar-refractivity contribution is -0.119. The van der Waals surface area contributed by atoms with Crippen LogP contribution in [0.4, 0.5) is 10.1 Å². The molecule has 2 aliphatic rings. The first-order valence-corrected chi connectivity index (χ1v) is 7.82. The van der Waals surface area contributed by atoms with Crippen molar-refractivity contribution in [2.24, 2.45) is 5.73 Å². The van der Waals surface area contributed by atoms with Crippen molar-refractivity contribution in [1.29, 1.82) is 0 Å². The third-order valence-electron chi connectivity index (χ3n) is 4.67. The Morgan fingerprint density at radius 1 is 1.12 bits per heavy atom. The van der Waals surface area contributed by atoms with E-state index in [9.17, 15) is 14.0 Å². The van der Waals surface area contributed by atoms with Gasteiger partial charge < -0.3 is 16.0 Å². The number of nitrogens with zero attached hydrogens (tertiary/aromatic N) is 1. The smallest absolute Gasteiger partial charge is 0.256 e. The van der Waals surface area contributed by atoms with Crippen LogP contribution in [-0.2, 0) is 4.79 Å². The number of rotatable bonds is 1. The van der Waals surface area contributed by atoms with E-state index in [0.717, 1.165) is 0 Å². The highest BCUT2D eigenvalue weighted by Crippen LogP contribution is 2.32. The number of carbonyl (C=O) groups excluding carboxylic acids is 2. The maximum atomic E-state index is 14.0. The van der Waals surface area contributed by atoms with Gasteiger partial charge in [-0.05, 0) is 30.2 Å². The molecule has 0 spiro atoms. The third kappa shape index (κ3) is 2.18. The predicted molar refractivity (Wildman–Crippen MR) is 87.9 cm³/mol. The zero-order valence-electron chi connectivity index (χ0n) is 12.8. The summed E-state index contributed by atoms with van der Waals surface area (Å²) in [5, 5.41) is 2.77. The largest absolute Gasteiger partial charge is 0.325 e. The quantitative estimate of drug-likeness (QED) is 0.842. The molecule has 24 heavy (non-hydrogen) atoms. The Bertz CT molecular complexity index is 852. The van der Waals surface area contributed by atoms with Crippen LogP contribution in [0.15, 0.2) is 42.5 Å². The molecule has 5 nitrogen and oxygen atoms in total. The van der Waals surface area contributed by atoms with Crippen molar-refractivity contribution in [3.8, 4) is 11.1 Å². The molecule has 3 N–H and O–H groups in total. The second-order valence-electron chi connectivity index (χ2n) is 6.13. The molecular weight excluding hydrogens is 309 g/mol. The molecule has 2 amide bonds. The minimum Gasteiger partial charge on any atom is -0.325 e. The standard InChI is InChI=1S/C18H16FN3O2/c19-13-4-2-1-3-11(13)10-5-6-15-12(9-10)18(24)22-8-7-14(20)16(22)17(23)21-15/h1-6,9,14,16H,7-8,20H2,(H,21,23)/t14-,16+/m0/s1. The summed E-state index contributed by atoms with van der Waals surface area (Å²) in [6.07, 6.45) is 0.589. The highest BCUT2D eigenvalue weighted by Gasteiger charge is 2.43. The molecule has 2 aromatic carbocycles. The van der Waals surface area contributed by atoms with Crippen LogP contribution in [0.25, 0.3) is 11.1 Å². The summed E-state index contributed by atoms with van der Waals surface area (Å²) >= 11 is 0. The molecule has 0 aliphatic carbocycles. The van der Waals surface area contributed by atoms with Crippen molar-refractivity contribution >= 4 is 17.5 Å². The summed E-state index contributed by atoms with van der Waals surface area (Å²) < 4.78 is 14.0. The SMILES string of the molecule is N[C@H]1CCN2C(=O)c3cc(-c4ccccc4F)ccc3NC(=O)[C@@H]12. The molecule has 0 bridgehead atoms. The summed E-state index contributed by atoms with van der Waals surface area (Å²) in [6.45, 7) is 0.446. The Morgan fingerprint density at radius 3 is 2.71 bits per heavy atom. The first-order chi connectivity index (χ1) is 11.6. The number of halogens is 1. The molecule has 0 unspecified atom stereocenters. The molecule has 122 valence electrons. The topological polar surface area (TPSA) is 75.4 Å². The number of anilines is 1. The van der Waals surface area contributed by atoms with Gasteiger partial charge in [-0.3, -0.25) is 9.59 Å². The van der Waals surface area contributed by atoms with Gasteiger partial charge in [-0.15, -0.1) is 0 Å². The van der Waals surface area contributed by atoms with Gasteiger partial charge in [-0.1, -0.05) is 24.3 Å². The molecule has 1 fully saturated rings. The highest BCUT2D eigenvalue weighted by atomic mass is 19.1. The summed E-state index contributed by atoms with van der Waals surface area (Å²) in [4.78, 5) is 26.8. The van der Waals surface area contributed by atoms with Gasteiger partial charge in [0, 0.05) is 18.2 Å². The van der Waals surface area contributed by atoms with E-state index in [1.165, 1.54) is 11.0 Å². The fourth-order valence-corrected chi connectivity index (χ4v) is 3.43. The van der Waals surface area contributed by atoms with Crippen LogP contribution in [0, 0.1) is 5.82 Å². The summed E-state index contributed by atoms with van der Waals surface area (Å²) in [7, 11) is 0. The van der Waals surface area contributed by atoms with E-state index in [1.54, 1.807) is 36.4 Å². The summed E-state index contributed by atoms with van der Waals surface area (Å²) in [5.74, 6) is -0.881. The van der Waals surface area contributed by atoms with Crippen molar-refractivity contribution in [3.05, 3.63) is 53.8 Å². The maximum absolute atomic E-state index is 14.0. The number of hydrogen-bond donors (Lipinski definition) is 2. The molecule has 1 saturated heterocycles. The van der Waals surface area contributed by atoms with E-state index in [4.69, 9.17) is 5.73 Å². The minimum atomic E-state index is -0.651. The van der Waals surface area contributed by atoms with Crippen LogP contribution in [-0.4, -0.2) is 35.3 Å². The number of fused-ring (bicyclic) bond motifs is 2. The van der Waals surface area contributed by atoms with Gasteiger partial charge in [0.1, 0.15) is 11.9 Å². The Balaban J connectivity index is 1.82. The average Bonchev–Trinajstić information content (AvgIpc) is 2.92. The van der Waals surface area contributed by atoms with Gasteiger partial charge in [0.2, 0.25) is 5.91 Å². The van der Waals surface area contributed by atoms with Gasteiger partial charge in [-0.2, -0.15) is 0 Å². The van der Waals surface area contributed by atoms with Gasteiger partial charge in [0.15, 0.2) is 0 Å². The summed E-state index contributed by atoms with van der Waals surface area (Å²) in [5.41, 5.74) is 7.79. The van der Waals surface area contributed by atoms with Crippen LogP contribution >= 0.6 is 0 Å². The second-order valence-corrected chi connectivity index (χ2v) is 6.13. The van der Waals surface area contributed by atoms with E-state index in [-0.39, 0.29) is 23.7 Å². The first kappa shape index (κ1) is 14.8. The molecule has 2 aliphatic heterocycles. The zero-order valence-corrected chi connectivity index (χ0v) is 12.8. The molecule has 6 heteroatoms. The number of nitrogens with two attached hydrogens (primary N) is 1. The van der Waals surface area contributed by atoms with Gasteiger partial charge in [0.25, 0.3) is 5.91 Å². The van der Waals surface area contributed by atoms with E-state index >= 15 is 0 Å². The van der Waals surface area contributed by atoms with Gasteiger partial charge >= 0.3 is 0 Å². The van der Waals surface area contributed by atoms with Gasteiger partial charge in [0.05, 0.1) is 11.3 Å². The Kier molecular flexibility index (Phi) is 3.35. The predicted octanol–water partition coefficient (Wildman–Crippen LogP) is 1.99. The van der Waals surface area contributed by atoms with E-state index < -0.39 is 6.04 Å². The van der Waals surface area contributed by atoms with E-state index in [0.29, 0.717) is 35.3 Å². The highest BCUT2D eigenvalue weighted by molar-refractivity contribution is 6.11. The van der Waals surface area contributed by atoms with Crippen LogP contribution < -0.4 is 11.1 Å². The summed E-state index contributed by atoms with van der Waals surface area (Å²) in [6, 6.07) is 10.3. The molecule has 2 atom stereocenters. The minimum absolute atomic E-state index is 0.250. The maximum Gasteiger partial charge on any atom is 0.256 e. The van der Waals surface area contributed by atoms with Crippen molar-refractivity contribution in [2.45, 2.75) is 18.5 Å². The lowest BCUT2D eigenvalue weighted by Gasteiger charge is -2.22. The number of hydrogen-bond acceptors (Lipinski definition) is 3. The monoisotopic (exact) mass is 325 g/mol. The fraction of sp³-hybridized carbons (Fsp3) is 0.222. The van der Waals surface area contributed by atoms with Crippen LogP contribution in [0.3, 0.4) is 0 Å². The van der Waals surface area contributed by atoms with Crippen molar-refractivity contribution in [2.75, 3.05) is 11.9 Å². The number of carbonyl (C=O) groups is 2. The molecule has 4 rings (SSSR count). The Morgan fingerprint density at radius 2 is 1.92 bits per heavy atom. The van der Waals surface area contributed by atoms with Crippen molar-refractivity contribution < 1.29 is 14.0 Å². The lowest BCUT2D eigenvalue weighted by Crippen LogP contribution is -2.48. The first-order valence-electron chi connectivity index (χ1n) is 7.82. The van der Waals surface area contributed by atoms with Crippen LogP contribution in [0.5, 0.6) is 0 Å². The number of amides is 2. The molecule has 0 radical (unpaired) electrons. The molecular formula is C18H16FN3O2.